The van der Waals surface area contributed by atoms with Crippen molar-refractivity contribution in [3.05, 3.63) is 46.8 Å². The molecule has 132 valence electrons. The van der Waals surface area contributed by atoms with Crippen LogP contribution in [0.25, 0.3) is 0 Å². The molecule has 1 fully saturated rings. The Kier molecular flexibility index (Phi) is 4.88. The van der Waals surface area contributed by atoms with E-state index in [1.54, 1.807) is 0 Å². The largest absolute Gasteiger partial charge is 0.361 e. The van der Waals surface area contributed by atoms with Crippen molar-refractivity contribution in [1.82, 2.24) is 10.5 Å². The molecule has 1 saturated heterocycles. The average molecular weight is 341 g/mol. The Labute approximate surface area is 147 Å². The lowest BCUT2D eigenvalue weighted by molar-refractivity contribution is -0.122. The van der Waals surface area contributed by atoms with E-state index in [-0.39, 0.29) is 17.7 Å². The first-order chi connectivity index (χ1) is 12.0. The Morgan fingerprint density at radius 3 is 2.60 bits per heavy atom. The molecular formula is C19H23N3O3. The zero-order chi connectivity index (χ0) is 18.0. The van der Waals surface area contributed by atoms with Gasteiger partial charge in [0.15, 0.2) is 0 Å². The van der Waals surface area contributed by atoms with Crippen LogP contribution in [0, 0.1) is 13.8 Å². The van der Waals surface area contributed by atoms with Crippen LogP contribution >= 0.6 is 0 Å². The maximum Gasteiger partial charge on any atom is 0.227 e. The second kappa shape index (κ2) is 7.09. The second-order valence-corrected chi connectivity index (χ2v) is 6.49. The maximum absolute atomic E-state index is 12.4. The van der Waals surface area contributed by atoms with Crippen LogP contribution in [0.3, 0.4) is 0 Å². The zero-order valence-corrected chi connectivity index (χ0v) is 14.8. The number of nitrogens with one attached hydrogen (secondary N) is 1. The van der Waals surface area contributed by atoms with Gasteiger partial charge < -0.3 is 14.7 Å². The van der Waals surface area contributed by atoms with Crippen molar-refractivity contribution >= 4 is 17.5 Å². The maximum atomic E-state index is 12.4. The highest BCUT2D eigenvalue weighted by atomic mass is 16.5. The predicted molar refractivity (Wildman–Crippen MR) is 94.3 cm³/mol. The van der Waals surface area contributed by atoms with E-state index in [1.165, 1.54) is 0 Å². The molecule has 1 atom stereocenters. The number of hydrogen-bond acceptors (Lipinski definition) is 4. The molecule has 0 bridgehead atoms. The van der Waals surface area contributed by atoms with E-state index >= 15 is 0 Å². The molecule has 0 spiro atoms. The lowest BCUT2D eigenvalue weighted by Crippen LogP contribution is -2.28. The fourth-order valence-corrected chi connectivity index (χ4v) is 3.30. The molecule has 2 aromatic rings. The molecule has 1 aliphatic heterocycles. The number of aromatic nitrogens is 1. The molecule has 2 heterocycles. The Balaban J connectivity index is 1.60. The van der Waals surface area contributed by atoms with Gasteiger partial charge in [0, 0.05) is 30.8 Å². The van der Waals surface area contributed by atoms with Gasteiger partial charge >= 0.3 is 0 Å². The summed E-state index contributed by atoms with van der Waals surface area (Å²) in [4.78, 5) is 26.0. The Morgan fingerprint density at radius 1 is 1.32 bits per heavy atom. The van der Waals surface area contributed by atoms with E-state index in [4.69, 9.17) is 4.52 Å². The Morgan fingerprint density at radius 2 is 2.04 bits per heavy atom. The third-order valence-corrected chi connectivity index (χ3v) is 4.70. The van der Waals surface area contributed by atoms with Crippen molar-refractivity contribution in [3.63, 3.8) is 0 Å². The minimum atomic E-state index is -0.312. The predicted octanol–water partition coefficient (Wildman–Crippen LogP) is 2.84. The third kappa shape index (κ3) is 3.57. The molecule has 3 rings (SSSR count). The lowest BCUT2D eigenvalue weighted by Gasteiger charge is -2.16. The summed E-state index contributed by atoms with van der Waals surface area (Å²) in [5, 5.41) is 6.85. The van der Waals surface area contributed by atoms with Crippen LogP contribution < -0.4 is 10.2 Å². The fraction of sp³-hybridized carbons (Fsp3) is 0.421. The van der Waals surface area contributed by atoms with Crippen molar-refractivity contribution in [1.29, 1.82) is 0 Å². The molecule has 6 nitrogen and oxygen atoms in total. The second-order valence-electron chi connectivity index (χ2n) is 6.49. The normalized spacial score (nSPS) is 15.5. The number of carbonyl (C=O) groups is 2. The van der Waals surface area contributed by atoms with Gasteiger partial charge in [-0.3, -0.25) is 9.59 Å². The Bertz CT molecular complexity index is 760. The van der Waals surface area contributed by atoms with Crippen LogP contribution in [-0.4, -0.2) is 23.5 Å². The number of aryl methyl sites for hydroxylation is 2. The fourth-order valence-electron chi connectivity index (χ4n) is 3.30. The first kappa shape index (κ1) is 17.2. The highest BCUT2D eigenvalue weighted by Gasteiger charge is 2.23. The summed E-state index contributed by atoms with van der Waals surface area (Å²) in [6, 6.07) is 7.76. The monoisotopic (exact) mass is 341 g/mol. The van der Waals surface area contributed by atoms with E-state index in [9.17, 15) is 9.59 Å². The molecule has 1 aromatic carbocycles. The SMILES string of the molecule is Cc1noc(C)c1[C@H](C)C(=O)NCc1ccc(N2CCCC2=O)cc1. The first-order valence-corrected chi connectivity index (χ1v) is 8.57. The standard InChI is InChI=1S/C19H23N3O3/c1-12(18-13(2)21-25-14(18)3)19(24)20-11-15-6-8-16(9-7-15)22-10-4-5-17(22)23/h6-9,12H,4-5,10-11H2,1-3H3,(H,20,24)/t12-/m0/s1. The number of nitrogens with zero attached hydrogens (tertiary/aromatic N) is 2. The summed E-state index contributed by atoms with van der Waals surface area (Å²) in [5.41, 5.74) is 3.51. The van der Waals surface area contributed by atoms with Gasteiger partial charge in [0.25, 0.3) is 0 Å². The molecule has 1 aromatic heterocycles. The number of benzene rings is 1. The van der Waals surface area contributed by atoms with Gasteiger partial charge in [-0.2, -0.15) is 0 Å². The number of hydrogen-bond donors (Lipinski definition) is 1. The first-order valence-electron chi connectivity index (χ1n) is 8.57. The topological polar surface area (TPSA) is 75.4 Å². The highest BCUT2D eigenvalue weighted by molar-refractivity contribution is 5.95. The van der Waals surface area contributed by atoms with Crippen molar-refractivity contribution in [2.75, 3.05) is 11.4 Å². The number of rotatable bonds is 5. The summed E-state index contributed by atoms with van der Waals surface area (Å²) in [6.07, 6.45) is 1.54. The number of carbonyl (C=O) groups excluding carboxylic acids is 2. The van der Waals surface area contributed by atoms with Gasteiger partial charge in [0.1, 0.15) is 5.76 Å². The molecular weight excluding hydrogens is 318 g/mol. The van der Waals surface area contributed by atoms with Gasteiger partial charge in [-0.05, 0) is 44.9 Å². The van der Waals surface area contributed by atoms with Crippen molar-refractivity contribution in [3.8, 4) is 0 Å². The van der Waals surface area contributed by atoms with Crippen LogP contribution in [0.2, 0.25) is 0 Å². The Hall–Kier alpha value is -2.63. The minimum Gasteiger partial charge on any atom is -0.361 e. The molecule has 0 saturated carbocycles. The van der Waals surface area contributed by atoms with Gasteiger partial charge in [0.2, 0.25) is 11.8 Å². The average Bonchev–Trinajstić information content (AvgIpc) is 3.18. The van der Waals surface area contributed by atoms with Gasteiger partial charge in [0.05, 0.1) is 11.6 Å². The van der Waals surface area contributed by atoms with Crippen LogP contribution in [0.4, 0.5) is 5.69 Å². The van der Waals surface area contributed by atoms with E-state index in [0.29, 0.717) is 18.7 Å². The molecule has 2 amide bonds. The molecule has 6 heteroatoms. The van der Waals surface area contributed by atoms with Gasteiger partial charge in [-0.1, -0.05) is 17.3 Å². The van der Waals surface area contributed by atoms with E-state index in [2.05, 4.69) is 10.5 Å². The van der Waals surface area contributed by atoms with Crippen molar-refractivity contribution < 1.29 is 14.1 Å². The minimum absolute atomic E-state index is 0.0619. The van der Waals surface area contributed by atoms with E-state index in [0.717, 1.165) is 35.5 Å². The number of anilines is 1. The zero-order valence-electron chi connectivity index (χ0n) is 14.8. The molecule has 1 N–H and O–H groups in total. The molecule has 1 aliphatic rings. The lowest BCUT2D eigenvalue weighted by atomic mass is 9.98. The smallest absolute Gasteiger partial charge is 0.227 e. The quantitative estimate of drug-likeness (QED) is 0.907. The summed E-state index contributed by atoms with van der Waals surface area (Å²) < 4.78 is 5.14. The van der Waals surface area contributed by atoms with Gasteiger partial charge in [-0.15, -0.1) is 0 Å². The molecule has 25 heavy (non-hydrogen) atoms. The highest BCUT2D eigenvalue weighted by Crippen LogP contribution is 2.24. The summed E-state index contributed by atoms with van der Waals surface area (Å²) in [5.74, 6) is 0.482. The van der Waals surface area contributed by atoms with E-state index in [1.807, 2.05) is 49.9 Å². The van der Waals surface area contributed by atoms with Crippen molar-refractivity contribution in [2.45, 2.75) is 46.1 Å². The van der Waals surface area contributed by atoms with Crippen LogP contribution in [0.1, 0.15) is 48.3 Å². The van der Waals surface area contributed by atoms with Crippen LogP contribution in [-0.2, 0) is 16.1 Å². The van der Waals surface area contributed by atoms with Crippen LogP contribution in [0.15, 0.2) is 28.8 Å². The molecule has 0 radical (unpaired) electrons. The summed E-state index contributed by atoms with van der Waals surface area (Å²) >= 11 is 0. The number of amides is 2. The van der Waals surface area contributed by atoms with E-state index < -0.39 is 0 Å². The summed E-state index contributed by atoms with van der Waals surface area (Å²) in [7, 11) is 0. The molecule has 0 unspecified atom stereocenters. The third-order valence-electron chi connectivity index (χ3n) is 4.70. The van der Waals surface area contributed by atoms with Crippen LogP contribution in [0.5, 0.6) is 0 Å². The van der Waals surface area contributed by atoms with Gasteiger partial charge in [-0.25, -0.2) is 0 Å². The molecule has 0 aliphatic carbocycles. The van der Waals surface area contributed by atoms with Crippen molar-refractivity contribution in [2.24, 2.45) is 0 Å². The summed E-state index contributed by atoms with van der Waals surface area (Å²) in [6.45, 7) is 6.74.